The molecule has 0 spiro atoms. The van der Waals surface area contributed by atoms with Crippen molar-refractivity contribution in [2.45, 2.75) is 65.1 Å². The number of hydrogen-bond donors (Lipinski definition) is 3. The van der Waals surface area contributed by atoms with Gasteiger partial charge in [-0.15, -0.1) is 0 Å². The lowest BCUT2D eigenvalue weighted by Gasteiger charge is -2.30. The van der Waals surface area contributed by atoms with Crippen LogP contribution in [0.25, 0.3) is 0 Å². The number of carbonyl (C=O) groups is 4. The van der Waals surface area contributed by atoms with Gasteiger partial charge in [0.15, 0.2) is 0 Å². The number of para-hydroxylation sites is 1. The van der Waals surface area contributed by atoms with Crippen molar-refractivity contribution >= 4 is 35.2 Å². The molecule has 1 aliphatic heterocycles. The summed E-state index contributed by atoms with van der Waals surface area (Å²) in [7, 11) is 0. The number of nitrogens with zero attached hydrogens (tertiary/aromatic N) is 1. The minimum absolute atomic E-state index is 0.118. The van der Waals surface area contributed by atoms with Gasteiger partial charge in [0.2, 0.25) is 17.7 Å². The van der Waals surface area contributed by atoms with E-state index in [1.807, 2.05) is 20.8 Å². The van der Waals surface area contributed by atoms with Crippen molar-refractivity contribution in [3.05, 3.63) is 64.7 Å². The molecule has 2 atom stereocenters. The molecule has 3 N–H and O–H groups in total. The fourth-order valence-corrected chi connectivity index (χ4v) is 4.67. The van der Waals surface area contributed by atoms with Gasteiger partial charge in [-0.05, 0) is 42.5 Å². The molecule has 2 aromatic carbocycles. The van der Waals surface area contributed by atoms with Crippen LogP contribution in [-0.4, -0.2) is 60.3 Å². The summed E-state index contributed by atoms with van der Waals surface area (Å²) in [6.07, 6.45) is 1.80. The SMILES string of the molecule is CCCCN1CCOc2ccccc2C(=O)N[C@H](C(=O)NCc2ccccc2Cl)CC(=O)N[C@@H](CC(C)C)C1=O. The predicted octanol–water partition coefficient (Wildman–Crippen LogP) is 3.70. The highest BCUT2D eigenvalue weighted by atomic mass is 35.5. The van der Waals surface area contributed by atoms with Crippen molar-refractivity contribution < 1.29 is 23.9 Å². The fraction of sp³-hybridized carbons (Fsp3) is 0.467. The van der Waals surface area contributed by atoms with Crippen LogP contribution in [0.15, 0.2) is 48.5 Å². The Hall–Kier alpha value is -3.59. The Kier molecular flexibility index (Phi) is 11.8. The number of amides is 4. The van der Waals surface area contributed by atoms with Gasteiger partial charge in [0.1, 0.15) is 24.4 Å². The second-order valence-corrected chi connectivity index (χ2v) is 10.7. The molecule has 216 valence electrons. The van der Waals surface area contributed by atoms with Crippen molar-refractivity contribution in [3.63, 3.8) is 0 Å². The number of ether oxygens (including phenoxy) is 1. The highest BCUT2D eigenvalue weighted by molar-refractivity contribution is 6.31. The zero-order chi connectivity index (χ0) is 29.1. The fourth-order valence-electron chi connectivity index (χ4n) is 4.47. The van der Waals surface area contributed by atoms with Crippen LogP contribution >= 0.6 is 11.6 Å². The molecule has 2 aromatic rings. The van der Waals surface area contributed by atoms with Crippen LogP contribution in [0, 0.1) is 5.92 Å². The highest BCUT2D eigenvalue weighted by Crippen LogP contribution is 2.19. The van der Waals surface area contributed by atoms with Crippen LogP contribution in [-0.2, 0) is 20.9 Å². The molecular weight excluding hydrogens is 532 g/mol. The number of carbonyl (C=O) groups excluding carboxylic acids is 4. The van der Waals surface area contributed by atoms with Gasteiger partial charge < -0.3 is 25.6 Å². The Bertz CT molecular complexity index is 1190. The Balaban J connectivity index is 1.90. The number of unbranched alkanes of at least 4 members (excludes halogenated alkanes) is 1. The van der Waals surface area contributed by atoms with Crippen LogP contribution in [0.3, 0.4) is 0 Å². The van der Waals surface area contributed by atoms with Gasteiger partial charge in [-0.1, -0.05) is 69.1 Å². The average Bonchev–Trinajstić information content (AvgIpc) is 2.92. The number of benzene rings is 2. The number of fused-ring (bicyclic) bond motifs is 1. The van der Waals surface area contributed by atoms with E-state index in [1.165, 1.54) is 0 Å². The molecule has 1 aliphatic rings. The van der Waals surface area contributed by atoms with E-state index >= 15 is 0 Å². The van der Waals surface area contributed by atoms with Crippen molar-refractivity contribution in [2.24, 2.45) is 5.92 Å². The minimum Gasteiger partial charge on any atom is -0.491 e. The molecule has 4 amide bonds. The standard InChI is InChI=1S/C30H39ClN4O5/c1-4-5-14-35-15-16-40-26-13-9-7-11-22(26)28(37)34-24(18-27(36)33-25(30(35)39)17-20(2)3)29(38)32-19-21-10-6-8-12-23(21)31/h6-13,20,24-25H,4-5,14-19H2,1-3H3,(H,32,38)(H,33,36)(H,34,37)/t24-,25-/m0/s1. The van der Waals surface area contributed by atoms with Crippen LogP contribution in [0.2, 0.25) is 5.02 Å². The lowest BCUT2D eigenvalue weighted by atomic mass is 10.0. The van der Waals surface area contributed by atoms with E-state index in [2.05, 4.69) is 16.0 Å². The topological polar surface area (TPSA) is 117 Å². The maximum absolute atomic E-state index is 13.6. The molecule has 0 aromatic heterocycles. The van der Waals surface area contributed by atoms with E-state index < -0.39 is 29.8 Å². The van der Waals surface area contributed by atoms with Gasteiger partial charge in [-0.2, -0.15) is 0 Å². The molecule has 40 heavy (non-hydrogen) atoms. The molecule has 1 heterocycles. The third kappa shape index (κ3) is 8.98. The third-order valence-corrected chi connectivity index (χ3v) is 6.98. The summed E-state index contributed by atoms with van der Waals surface area (Å²) < 4.78 is 5.96. The molecule has 0 bridgehead atoms. The summed E-state index contributed by atoms with van der Waals surface area (Å²) in [5, 5.41) is 8.79. The first kappa shape index (κ1) is 30.9. The molecule has 0 aliphatic carbocycles. The smallest absolute Gasteiger partial charge is 0.255 e. The van der Waals surface area contributed by atoms with Crippen molar-refractivity contribution in [1.29, 1.82) is 0 Å². The molecule has 0 saturated heterocycles. The second kappa shape index (κ2) is 15.3. The van der Waals surface area contributed by atoms with E-state index in [9.17, 15) is 19.2 Å². The van der Waals surface area contributed by atoms with Crippen molar-refractivity contribution in [3.8, 4) is 5.75 Å². The predicted molar refractivity (Wildman–Crippen MR) is 154 cm³/mol. The Labute approximate surface area is 241 Å². The summed E-state index contributed by atoms with van der Waals surface area (Å²) in [6.45, 7) is 7.13. The molecule has 3 rings (SSSR count). The normalized spacial score (nSPS) is 18.7. The summed E-state index contributed by atoms with van der Waals surface area (Å²) in [5.74, 6) is -1.32. The first-order valence-electron chi connectivity index (χ1n) is 13.8. The lowest BCUT2D eigenvalue weighted by Crippen LogP contribution is -2.53. The van der Waals surface area contributed by atoms with Crippen LogP contribution in [0.4, 0.5) is 0 Å². The minimum atomic E-state index is -1.20. The summed E-state index contributed by atoms with van der Waals surface area (Å²) in [5.41, 5.74) is 0.927. The largest absolute Gasteiger partial charge is 0.491 e. The number of rotatable bonds is 8. The number of halogens is 1. The van der Waals surface area contributed by atoms with Crippen LogP contribution in [0.1, 0.15) is 62.4 Å². The number of hydrogen-bond acceptors (Lipinski definition) is 5. The van der Waals surface area contributed by atoms with E-state index in [0.717, 1.165) is 12.8 Å². The van der Waals surface area contributed by atoms with Gasteiger partial charge in [-0.25, -0.2) is 0 Å². The van der Waals surface area contributed by atoms with Gasteiger partial charge in [0.25, 0.3) is 5.91 Å². The van der Waals surface area contributed by atoms with Crippen LogP contribution < -0.4 is 20.7 Å². The summed E-state index contributed by atoms with van der Waals surface area (Å²) >= 11 is 6.23. The van der Waals surface area contributed by atoms with Crippen molar-refractivity contribution in [1.82, 2.24) is 20.9 Å². The van der Waals surface area contributed by atoms with Gasteiger partial charge in [0, 0.05) is 18.1 Å². The Morgan fingerprint density at radius 1 is 1.10 bits per heavy atom. The van der Waals surface area contributed by atoms with E-state index in [1.54, 1.807) is 53.4 Å². The quantitative estimate of drug-likeness (QED) is 0.447. The average molecular weight is 571 g/mol. The lowest BCUT2D eigenvalue weighted by molar-refractivity contribution is -0.137. The van der Waals surface area contributed by atoms with Gasteiger partial charge >= 0.3 is 0 Å². The number of nitrogens with one attached hydrogen (secondary N) is 3. The molecule has 0 saturated carbocycles. The molecular formula is C30H39ClN4O5. The molecule has 0 fully saturated rings. The first-order valence-corrected chi connectivity index (χ1v) is 14.2. The Morgan fingerprint density at radius 3 is 2.55 bits per heavy atom. The molecule has 0 radical (unpaired) electrons. The first-order chi connectivity index (χ1) is 19.2. The maximum atomic E-state index is 13.6. The summed E-state index contributed by atoms with van der Waals surface area (Å²) in [6, 6.07) is 11.8. The third-order valence-electron chi connectivity index (χ3n) is 6.61. The molecule has 9 nitrogen and oxygen atoms in total. The zero-order valence-electron chi connectivity index (χ0n) is 23.4. The Morgan fingerprint density at radius 2 is 1.82 bits per heavy atom. The van der Waals surface area contributed by atoms with Crippen molar-refractivity contribution in [2.75, 3.05) is 19.7 Å². The van der Waals surface area contributed by atoms with E-state index in [-0.39, 0.29) is 37.0 Å². The molecule has 10 heteroatoms. The van der Waals surface area contributed by atoms with Gasteiger partial charge in [-0.3, -0.25) is 19.2 Å². The summed E-state index contributed by atoms with van der Waals surface area (Å²) in [4.78, 5) is 55.1. The maximum Gasteiger partial charge on any atom is 0.255 e. The van der Waals surface area contributed by atoms with Gasteiger partial charge in [0.05, 0.1) is 18.5 Å². The molecule has 0 unspecified atom stereocenters. The van der Waals surface area contributed by atoms with E-state index in [4.69, 9.17) is 16.3 Å². The second-order valence-electron chi connectivity index (χ2n) is 10.3. The monoisotopic (exact) mass is 570 g/mol. The highest BCUT2D eigenvalue weighted by Gasteiger charge is 2.31. The zero-order valence-corrected chi connectivity index (χ0v) is 24.1. The van der Waals surface area contributed by atoms with Crippen LogP contribution in [0.5, 0.6) is 5.75 Å². The van der Waals surface area contributed by atoms with E-state index in [0.29, 0.717) is 35.8 Å².